The molecule has 42 heavy (non-hydrogen) atoms. The molecule has 0 radical (unpaired) electrons. The fourth-order valence-electron chi connectivity index (χ4n) is 6.19. The maximum atomic E-state index is 2.39. The molecule has 0 N–H and O–H groups in total. The van der Waals surface area contributed by atoms with Crippen LogP contribution in [-0.2, 0) is 0 Å². The van der Waals surface area contributed by atoms with E-state index in [4.69, 9.17) is 0 Å². The molecule has 0 aromatic heterocycles. The Morgan fingerprint density at radius 3 is 1.48 bits per heavy atom. The SMILES string of the molecule is Cc1ccc(/C=C/c2cc(-c3ccccc3)c(-c3c(-c4ccccc4)cc(C)c4ccccc34)c3ccccc23)cc1. The first-order chi connectivity index (χ1) is 20.7. The molecule has 0 saturated carbocycles. The van der Waals surface area contributed by atoms with E-state index in [1.807, 2.05) is 0 Å². The number of fused-ring (bicyclic) bond motifs is 2. The number of hydrogen-bond donors (Lipinski definition) is 0. The Labute approximate surface area is 248 Å². The van der Waals surface area contributed by atoms with Crippen LogP contribution < -0.4 is 0 Å². The first kappa shape index (κ1) is 25.7. The predicted molar refractivity (Wildman–Crippen MR) is 183 cm³/mol. The second kappa shape index (κ2) is 11.0. The maximum absolute atomic E-state index is 2.39. The summed E-state index contributed by atoms with van der Waals surface area (Å²) in [5.74, 6) is 0. The van der Waals surface area contributed by atoms with Gasteiger partial charge in [-0.25, -0.2) is 0 Å². The van der Waals surface area contributed by atoms with Crippen molar-refractivity contribution in [3.05, 3.63) is 168 Å². The Morgan fingerprint density at radius 1 is 0.405 bits per heavy atom. The summed E-state index contributed by atoms with van der Waals surface area (Å²) in [5.41, 5.74) is 12.5. The van der Waals surface area contributed by atoms with Gasteiger partial charge in [0.25, 0.3) is 0 Å². The third kappa shape index (κ3) is 4.72. The Balaban J connectivity index is 1.60. The minimum absolute atomic E-state index is 1.20. The molecule has 7 aromatic rings. The van der Waals surface area contributed by atoms with Crippen molar-refractivity contribution in [2.75, 3.05) is 0 Å². The Hall–Kier alpha value is -5.20. The Bertz CT molecular complexity index is 2060. The van der Waals surface area contributed by atoms with E-state index in [0.29, 0.717) is 0 Å². The van der Waals surface area contributed by atoms with E-state index >= 15 is 0 Å². The quantitative estimate of drug-likeness (QED) is 0.192. The van der Waals surface area contributed by atoms with Crippen molar-refractivity contribution >= 4 is 33.7 Å². The summed E-state index contributed by atoms with van der Waals surface area (Å²) in [4.78, 5) is 0. The lowest BCUT2D eigenvalue weighted by molar-refractivity contribution is 1.46. The van der Waals surface area contributed by atoms with Crippen LogP contribution in [0.25, 0.3) is 67.1 Å². The molecule has 0 nitrogen and oxygen atoms in total. The van der Waals surface area contributed by atoms with Gasteiger partial charge in [-0.2, -0.15) is 0 Å². The van der Waals surface area contributed by atoms with Crippen LogP contribution in [0.2, 0.25) is 0 Å². The van der Waals surface area contributed by atoms with Gasteiger partial charge < -0.3 is 0 Å². The van der Waals surface area contributed by atoms with Crippen LogP contribution in [0.5, 0.6) is 0 Å². The predicted octanol–water partition coefficient (Wildman–Crippen LogP) is 11.8. The normalized spacial score (nSPS) is 11.5. The summed E-state index contributed by atoms with van der Waals surface area (Å²) in [6.07, 6.45) is 4.50. The fraction of sp³-hybridized carbons (Fsp3) is 0.0476. The molecule has 0 heterocycles. The van der Waals surface area contributed by atoms with Gasteiger partial charge in [-0.05, 0) is 91.5 Å². The van der Waals surface area contributed by atoms with Gasteiger partial charge in [0.15, 0.2) is 0 Å². The summed E-state index contributed by atoms with van der Waals surface area (Å²) in [6, 6.07) is 52.9. The van der Waals surface area contributed by atoms with Crippen molar-refractivity contribution in [3.8, 4) is 33.4 Å². The highest BCUT2D eigenvalue weighted by atomic mass is 14.2. The molecule has 200 valence electrons. The third-order valence-corrected chi connectivity index (χ3v) is 8.28. The lowest BCUT2D eigenvalue weighted by atomic mass is 9.81. The van der Waals surface area contributed by atoms with Gasteiger partial charge in [0.2, 0.25) is 0 Å². The molecular weight excluding hydrogens is 504 g/mol. The summed E-state index contributed by atoms with van der Waals surface area (Å²) in [5, 5.41) is 5.08. The van der Waals surface area contributed by atoms with Gasteiger partial charge in [0, 0.05) is 0 Å². The van der Waals surface area contributed by atoms with E-state index in [0.717, 1.165) is 0 Å². The standard InChI is InChI=1S/C42H32/c1-29-21-23-31(24-22-29)25-26-34-28-40(33-15-7-4-8-16-33)42(38-20-12-10-18-36(34)38)41-37-19-11-9-17-35(37)30(2)27-39(41)32-13-5-3-6-14-32/h3-28H,1-2H3/b26-25+. The molecule has 0 unspecified atom stereocenters. The average Bonchev–Trinajstić information content (AvgIpc) is 3.05. The van der Waals surface area contributed by atoms with Gasteiger partial charge in [-0.1, -0.05) is 157 Å². The first-order valence-electron chi connectivity index (χ1n) is 14.6. The van der Waals surface area contributed by atoms with E-state index in [2.05, 4.69) is 172 Å². The smallest absolute Gasteiger partial charge is 0.00139 e. The van der Waals surface area contributed by atoms with Crippen molar-refractivity contribution in [1.82, 2.24) is 0 Å². The van der Waals surface area contributed by atoms with Crippen molar-refractivity contribution in [2.24, 2.45) is 0 Å². The number of hydrogen-bond acceptors (Lipinski definition) is 0. The highest BCUT2D eigenvalue weighted by molar-refractivity contribution is 6.17. The molecule has 7 rings (SSSR count). The van der Waals surface area contributed by atoms with Crippen LogP contribution in [0.3, 0.4) is 0 Å². The van der Waals surface area contributed by atoms with Crippen LogP contribution >= 0.6 is 0 Å². The van der Waals surface area contributed by atoms with Crippen molar-refractivity contribution in [1.29, 1.82) is 0 Å². The molecule has 0 aliphatic rings. The number of benzene rings is 7. The highest BCUT2D eigenvalue weighted by Crippen LogP contribution is 2.47. The lowest BCUT2D eigenvalue weighted by Gasteiger charge is -2.22. The van der Waals surface area contributed by atoms with E-state index in [1.165, 1.54) is 77.2 Å². The second-order valence-corrected chi connectivity index (χ2v) is 11.1. The van der Waals surface area contributed by atoms with Gasteiger partial charge >= 0.3 is 0 Å². The van der Waals surface area contributed by atoms with Crippen LogP contribution in [0.1, 0.15) is 22.3 Å². The highest BCUT2D eigenvalue weighted by Gasteiger charge is 2.21. The van der Waals surface area contributed by atoms with Crippen LogP contribution in [0.4, 0.5) is 0 Å². The Kier molecular flexibility index (Phi) is 6.74. The number of aryl methyl sites for hydroxylation is 2. The minimum Gasteiger partial charge on any atom is -0.0622 e. The molecule has 0 aliphatic heterocycles. The van der Waals surface area contributed by atoms with Gasteiger partial charge in [0.1, 0.15) is 0 Å². The molecule has 0 fully saturated rings. The van der Waals surface area contributed by atoms with Gasteiger partial charge in [-0.3, -0.25) is 0 Å². The van der Waals surface area contributed by atoms with Crippen LogP contribution in [-0.4, -0.2) is 0 Å². The van der Waals surface area contributed by atoms with E-state index in [-0.39, 0.29) is 0 Å². The summed E-state index contributed by atoms with van der Waals surface area (Å²) in [6.45, 7) is 4.36. The topological polar surface area (TPSA) is 0 Å². The van der Waals surface area contributed by atoms with E-state index in [9.17, 15) is 0 Å². The molecule has 0 aliphatic carbocycles. The molecule has 0 atom stereocenters. The summed E-state index contributed by atoms with van der Waals surface area (Å²) < 4.78 is 0. The third-order valence-electron chi connectivity index (χ3n) is 8.28. The molecule has 0 spiro atoms. The molecule has 0 saturated heterocycles. The molecule has 0 bridgehead atoms. The second-order valence-electron chi connectivity index (χ2n) is 11.1. The lowest BCUT2D eigenvalue weighted by Crippen LogP contribution is -1.96. The molecule has 0 amide bonds. The van der Waals surface area contributed by atoms with Crippen molar-refractivity contribution < 1.29 is 0 Å². The maximum Gasteiger partial charge on any atom is -0.00139 e. The van der Waals surface area contributed by atoms with Crippen LogP contribution in [0, 0.1) is 13.8 Å². The monoisotopic (exact) mass is 536 g/mol. The minimum atomic E-state index is 1.20. The molecule has 0 heteroatoms. The Morgan fingerprint density at radius 2 is 0.881 bits per heavy atom. The largest absolute Gasteiger partial charge is 0.0622 e. The summed E-state index contributed by atoms with van der Waals surface area (Å²) in [7, 11) is 0. The van der Waals surface area contributed by atoms with Gasteiger partial charge in [0.05, 0.1) is 0 Å². The van der Waals surface area contributed by atoms with Gasteiger partial charge in [-0.15, -0.1) is 0 Å². The number of rotatable bonds is 5. The van der Waals surface area contributed by atoms with E-state index in [1.54, 1.807) is 0 Å². The zero-order valence-electron chi connectivity index (χ0n) is 24.0. The average molecular weight is 537 g/mol. The zero-order chi connectivity index (χ0) is 28.5. The first-order valence-corrected chi connectivity index (χ1v) is 14.6. The van der Waals surface area contributed by atoms with Crippen molar-refractivity contribution in [2.45, 2.75) is 13.8 Å². The van der Waals surface area contributed by atoms with Crippen LogP contribution in [0.15, 0.2) is 146 Å². The summed E-state index contributed by atoms with van der Waals surface area (Å²) >= 11 is 0. The zero-order valence-corrected chi connectivity index (χ0v) is 24.0. The fourth-order valence-corrected chi connectivity index (χ4v) is 6.19. The molecule has 7 aromatic carbocycles. The molecular formula is C42H32. The van der Waals surface area contributed by atoms with E-state index < -0.39 is 0 Å². The van der Waals surface area contributed by atoms with Crippen molar-refractivity contribution in [3.63, 3.8) is 0 Å².